The Kier molecular flexibility index (Phi) is 3.81. The van der Waals surface area contributed by atoms with Gasteiger partial charge in [0.1, 0.15) is 0 Å². The number of rotatable bonds is 3. The fourth-order valence-electron chi connectivity index (χ4n) is 2.49. The summed E-state index contributed by atoms with van der Waals surface area (Å²) in [4.78, 5) is 12.5. The number of ketones is 1. The molecule has 112 valence electrons. The van der Waals surface area contributed by atoms with Crippen LogP contribution in [0.4, 0.5) is 0 Å². The van der Waals surface area contributed by atoms with E-state index >= 15 is 0 Å². The maximum absolute atomic E-state index is 12.5. The van der Waals surface area contributed by atoms with E-state index in [1.54, 1.807) is 34.4 Å². The molecule has 0 saturated carbocycles. The molecule has 0 amide bonds. The summed E-state index contributed by atoms with van der Waals surface area (Å²) >= 11 is 11.9. The lowest BCUT2D eigenvalue weighted by atomic mass is 10.1. The SMILES string of the molecule is Cn1c(=N)n(CC(=O)c2ccc(Cl)cc2Cl)c2ccccc21. The van der Waals surface area contributed by atoms with Crippen LogP contribution in [0, 0.1) is 5.41 Å². The Hall–Kier alpha value is -2.04. The molecule has 0 spiro atoms. The molecule has 0 unspecified atom stereocenters. The number of benzene rings is 2. The summed E-state index contributed by atoms with van der Waals surface area (Å²) in [6, 6.07) is 12.4. The molecular formula is C16H13Cl2N3O. The van der Waals surface area contributed by atoms with Crippen LogP contribution in [0.2, 0.25) is 10.0 Å². The first-order chi connectivity index (χ1) is 10.5. The Morgan fingerprint density at radius 3 is 2.50 bits per heavy atom. The van der Waals surface area contributed by atoms with Crippen molar-refractivity contribution in [3.05, 3.63) is 63.7 Å². The highest BCUT2D eigenvalue weighted by Gasteiger charge is 2.15. The molecule has 0 saturated heterocycles. The van der Waals surface area contributed by atoms with Crippen LogP contribution in [0.5, 0.6) is 0 Å². The molecule has 1 N–H and O–H groups in total. The number of hydrogen-bond acceptors (Lipinski definition) is 2. The van der Waals surface area contributed by atoms with E-state index in [1.807, 2.05) is 24.3 Å². The number of nitrogens with zero attached hydrogens (tertiary/aromatic N) is 2. The molecule has 1 aromatic heterocycles. The van der Waals surface area contributed by atoms with Gasteiger partial charge in [-0.2, -0.15) is 0 Å². The predicted molar refractivity (Wildman–Crippen MR) is 87.6 cm³/mol. The van der Waals surface area contributed by atoms with Crippen molar-refractivity contribution in [1.82, 2.24) is 9.13 Å². The number of carbonyl (C=O) groups excluding carboxylic acids is 1. The summed E-state index contributed by atoms with van der Waals surface area (Å²) in [5.41, 5.74) is 2.42. The third kappa shape index (κ3) is 2.45. The molecule has 4 nitrogen and oxygen atoms in total. The van der Waals surface area contributed by atoms with Crippen LogP contribution in [-0.4, -0.2) is 14.9 Å². The number of carbonyl (C=O) groups is 1. The monoisotopic (exact) mass is 333 g/mol. The normalized spacial score (nSPS) is 11.0. The molecule has 0 bridgehead atoms. The van der Waals surface area contributed by atoms with Crippen LogP contribution < -0.4 is 5.62 Å². The fraction of sp³-hybridized carbons (Fsp3) is 0.125. The van der Waals surface area contributed by atoms with Gasteiger partial charge in [0.2, 0.25) is 5.62 Å². The molecule has 3 rings (SSSR count). The highest BCUT2D eigenvalue weighted by molar-refractivity contribution is 6.36. The molecular weight excluding hydrogens is 321 g/mol. The van der Waals surface area contributed by atoms with Crippen molar-refractivity contribution in [3.63, 3.8) is 0 Å². The molecule has 0 aliphatic rings. The second-order valence-corrected chi connectivity index (χ2v) is 5.85. The smallest absolute Gasteiger partial charge is 0.203 e. The Morgan fingerprint density at radius 2 is 1.82 bits per heavy atom. The molecule has 0 aliphatic heterocycles. The van der Waals surface area contributed by atoms with E-state index in [2.05, 4.69) is 0 Å². The van der Waals surface area contributed by atoms with Crippen LogP contribution in [0.15, 0.2) is 42.5 Å². The van der Waals surface area contributed by atoms with Crippen LogP contribution in [0.25, 0.3) is 11.0 Å². The molecule has 6 heteroatoms. The second-order valence-electron chi connectivity index (χ2n) is 5.00. The average molecular weight is 334 g/mol. The average Bonchev–Trinajstić information content (AvgIpc) is 2.73. The minimum absolute atomic E-state index is 0.0571. The van der Waals surface area contributed by atoms with Crippen molar-refractivity contribution in [2.24, 2.45) is 7.05 Å². The fourth-order valence-corrected chi connectivity index (χ4v) is 3.00. The first-order valence-electron chi connectivity index (χ1n) is 6.66. The molecule has 0 radical (unpaired) electrons. The highest BCUT2D eigenvalue weighted by Crippen LogP contribution is 2.22. The van der Waals surface area contributed by atoms with Gasteiger partial charge in [0, 0.05) is 17.6 Å². The summed E-state index contributed by atoms with van der Waals surface area (Å²) in [5, 5.41) is 9.00. The van der Waals surface area contributed by atoms with E-state index in [-0.39, 0.29) is 17.9 Å². The Bertz CT molecular complexity index is 940. The standard InChI is InChI=1S/C16H13Cl2N3O/c1-20-13-4-2-3-5-14(13)21(16(20)19)9-15(22)11-7-6-10(17)8-12(11)18/h2-8,19H,9H2,1H3. The number of para-hydroxylation sites is 2. The van der Waals surface area contributed by atoms with Crippen molar-refractivity contribution in [2.45, 2.75) is 6.54 Å². The van der Waals surface area contributed by atoms with Crippen molar-refractivity contribution in [3.8, 4) is 0 Å². The number of aromatic nitrogens is 2. The number of aryl methyl sites for hydroxylation is 1. The van der Waals surface area contributed by atoms with Crippen molar-refractivity contribution in [1.29, 1.82) is 5.41 Å². The lowest BCUT2D eigenvalue weighted by molar-refractivity contribution is 0.0971. The van der Waals surface area contributed by atoms with Gasteiger partial charge in [-0.25, -0.2) is 0 Å². The minimum Gasteiger partial charge on any atom is -0.313 e. The maximum atomic E-state index is 12.5. The zero-order valence-corrected chi connectivity index (χ0v) is 13.3. The van der Waals surface area contributed by atoms with Gasteiger partial charge in [-0.3, -0.25) is 10.2 Å². The highest BCUT2D eigenvalue weighted by atomic mass is 35.5. The van der Waals surface area contributed by atoms with E-state index in [1.165, 1.54) is 0 Å². The molecule has 0 fully saturated rings. The lowest BCUT2D eigenvalue weighted by Gasteiger charge is -2.06. The summed E-state index contributed by atoms with van der Waals surface area (Å²) in [6.45, 7) is 0.0571. The van der Waals surface area contributed by atoms with Gasteiger partial charge >= 0.3 is 0 Å². The summed E-state index contributed by atoms with van der Waals surface area (Å²) in [7, 11) is 1.81. The third-order valence-electron chi connectivity index (χ3n) is 3.64. The Morgan fingerprint density at radius 1 is 1.14 bits per heavy atom. The van der Waals surface area contributed by atoms with E-state index in [4.69, 9.17) is 28.6 Å². The maximum Gasteiger partial charge on any atom is 0.203 e. The predicted octanol–water partition coefficient (Wildman–Crippen LogP) is 3.65. The number of nitrogens with one attached hydrogen (secondary N) is 1. The number of hydrogen-bond donors (Lipinski definition) is 1. The van der Waals surface area contributed by atoms with Gasteiger partial charge < -0.3 is 9.13 Å². The molecule has 2 aromatic carbocycles. The number of Topliss-reactive ketones (excluding diaryl/α,β-unsaturated/α-hetero) is 1. The zero-order valence-electron chi connectivity index (χ0n) is 11.8. The number of halogens is 2. The van der Waals surface area contributed by atoms with Gasteiger partial charge in [-0.05, 0) is 30.3 Å². The van der Waals surface area contributed by atoms with Crippen LogP contribution >= 0.6 is 23.2 Å². The van der Waals surface area contributed by atoms with Crippen molar-refractivity contribution >= 4 is 40.0 Å². The zero-order chi connectivity index (χ0) is 15.9. The third-order valence-corrected chi connectivity index (χ3v) is 4.19. The summed E-state index contributed by atoms with van der Waals surface area (Å²) in [6.07, 6.45) is 0. The van der Waals surface area contributed by atoms with Gasteiger partial charge in [0.05, 0.1) is 22.6 Å². The van der Waals surface area contributed by atoms with Crippen LogP contribution in [0.3, 0.4) is 0 Å². The molecule has 0 atom stereocenters. The molecule has 3 aromatic rings. The van der Waals surface area contributed by atoms with Gasteiger partial charge in [-0.1, -0.05) is 35.3 Å². The molecule has 22 heavy (non-hydrogen) atoms. The summed E-state index contributed by atoms with van der Waals surface area (Å²) in [5.74, 6) is -0.156. The first kappa shape index (κ1) is 14.9. The van der Waals surface area contributed by atoms with Crippen molar-refractivity contribution in [2.75, 3.05) is 0 Å². The van der Waals surface area contributed by atoms with Crippen LogP contribution in [-0.2, 0) is 13.6 Å². The molecule has 1 heterocycles. The molecule has 0 aliphatic carbocycles. The first-order valence-corrected chi connectivity index (χ1v) is 7.41. The van der Waals surface area contributed by atoms with E-state index in [0.29, 0.717) is 15.6 Å². The van der Waals surface area contributed by atoms with Gasteiger partial charge in [0.15, 0.2) is 5.78 Å². The second kappa shape index (κ2) is 5.63. The number of imidazole rings is 1. The van der Waals surface area contributed by atoms with Gasteiger partial charge in [-0.15, -0.1) is 0 Å². The van der Waals surface area contributed by atoms with E-state index in [0.717, 1.165) is 11.0 Å². The Labute approximate surface area is 137 Å². The van der Waals surface area contributed by atoms with E-state index < -0.39 is 0 Å². The largest absolute Gasteiger partial charge is 0.313 e. The van der Waals surface area contributed by atoms with Crippen molar-refractivity contribution < 1.29 is 4.79 Å². The minimum atomic E-state index is -0.156. The number of fused-ring (bicyclic) bond motifs is 1. The lowest BCUT2D eigenvalue weighted by Crippen LogP contribution is -2.26. The van der Waals surface area contributed by atoms with Gasteiger partial charge in [0.25, 0.3) is 0 Å². The quantitative estimate of drug-likeness (QED) is 0.731. The van der Waals surface area contributed by atoms with Crippen LogP contribution in [0.1, 0.15) is 10.4 Å². The Balaban J connectivity index is 2.05. The summed E-state index contributed by atoms with van der Waals surface area (Å²) < 4.78 is 3.41. The van der Waals surface area contributed by atoms with E-state index in [9.17, 15) is 4.79 Å². The topological polar surface area (TPSA) is 50.8 Å².